The van der Waals surface area contributed by atoms with Crippen LogP contribution in [0.25, 0.3) is 11.0 Å². The number of carbonyl (C=O) groups excluding carboxylic acids is 1. The number of benzene rings is 3. The van der Waals surface area contributed by atoms with Crippen LogP contribution < -0.4 is 4.72 Å². The number of hydrogen-bond donors (Lipinski definition) is 1. The molecule has 0 spiro atoms. The van der Waals surface area contributed by atoms with Gasteiger partial charge in [-0.15, -0.1) is 0 Å². The van der Waals surface area contributed by atoms with Gasteiger partial charge in [-0.05, 0) is 55.5 Å². The zero-order chi connectivity index (χ0) is 22.7. The number of aryl methyl sites for hydroxylation is 1. The molecule has 32 heavy (non-hydrogen) atoms. The molecule has 0 bridgehead atoms. The highest BCUT2D eigenvalue weighted by molar-refractivity contribution is 7.92. The molecule has 0 unspecified atom stereocenters. The van der Waals surface area contributed by atoms with Gasteiger partial charge in [0.15, 0.2) is 0 Å². The Morgan fingerprint density at radius 3 is 2.31 bits per heavy atom. The second-order valence-corrected chi connectivity index (χ2v) is 9.10. The Morgan fingerprint density at radius 2 is 1.62 bits per heavy atom. The van der Waals surface area contributed by atoms with Crippen molar-refractivity contribution in [1.82, 2.24) is 14.5 Å². The van der Waals surface area contributed by atoms with Crippen LogP contribution in [0, 0.1) is 0 Å². The van der Waals surface area contributed by atoms with Crippen molar-refractivity contribution in [1.29, 1.82) is 0 Å². The van der Waals surface area contributed by atoms with Gasteiger partial charge >= 0.3 is 0 Å². The van der Waals surface area contributed by atoms with Gasteiger partial charge in [0, 0.05) is 24.8 Å². The van der Waals surface area contributed by atoms with Gasteiger partial charge in [-0.3, -0.25) is 9.52 Å². The summed E-state index contributed by atoms with van der Waals surface area (Å²) in [6, 6.07) is 22.4. The van der Waals surface area contributed by atoms with Gasteiger partial charge in [0.1, 0.15) is 5.82 Å². The van der Waals surface area contributed by atoms with E-state index >= 15 is 0 Å². The Kier molecular flexibility index (Phi) is 5.96. The van der Waals surface area contributed by atoms with Gasteiger partial charge in [-0.2, -0.15) is 0 Å². The van der Waals surface area contributed by atoms with Crippen molar-refractivity contribution in [3.8, 4) is 0 Å². The lowest BCUT2D eigenvalue weighted by molar-refractivity contribution is 0.0780. The molecule has 0 atom stereocenters. The Hall–Kier alpha value is -3.65. The minimum absolute atomic E-state index is 0.169. The van der Waals surface area contributed by atoms with Crippen LogP contribution in [-0.2, 0) is 23.1 Å². The van der Waals surface area contributed by atoms with Gasteiger partial charge in [-0.25, -0.2) is 13.4 Å². The van der Waals surface area contributed by atoms with E-state index in [1.54, 1.807) is 54.4 Å². The molecule has 4 rings (SSSR count). The highest BCUT2D eigenvalue weighted by atomic mass is 32.2. The Labute approximate surface area is 187 Å². The van der Waals surface area contributed by atoms with Crippen LogP contribution in [-0.4, -0.2) is 35.8 Å². The van der Waals surface area contributed by atoms with Crippen LogP contribution in [0.4, 0.5) is 5.69 Å². The van der Waals surface area contributed by atoms with E-state index < -0.39 is 10.0 Å². The largest absolute Gasteiger partial charge is 0.334 e. The number of imidazole rings is 1. The smallest absolute Gasteiger partial charge is 0.261 e. The van der Waals surface area contributed by atoms with E-state index in [1.165, 1.54) is 12.1 Å². The number of nitrogens with zero attached hydrogens (tertiary/aromatic N) is 3. The molecule has 7 nitrogen and oxygen atoms in total. The normalized spacial score (nSPS) is 11.4. The summed E-state index contributed by atoms with van der Waals surface area (Å²) in [6.07, 6.45) is 0. The second-order valence-electron chi connectivity index (χ2n) is 7.42. The Bertz CT molecular complexity index is 1350. The van der Waals surface area contributed by atoms with Crippen LogP contribution in [0.3, 0.4) is 0 Å². The summed E-state index contributed by atoms with van der Waals surface area (Å²) in [5.41, 5.74) is 2.80. The van der Waals surface area contributed by atoms with E-state index in [1.807, 2.05) is 24.3 Å². The molecule has 1 amide bonds. The first-order chi connectivity index (χ1) is 15.4. The number of rotatable bonds is 7. The summed E-state index contributed by atoms with van der Waals surface area (Å²) in [7, 11) is -1.95. The number of sulfonamides is 1. The fraction of sp³-hybridized carbons (Fsp3) is 0.167. The SMILES string of the molecule is CCn1c(CN(C)C(=O)c2ccc(NS(=O)(=O)c3ccccc3)cc2)nc2ccccc21. The molecule has 0 aliphatic rings. The standard InChI is InChI=1S/C24H24N4O3S/c1-3-28-22-12-8-7-11-21(22)25-23(28)17-27(2)24(29)18-13-15-19(16-14-18)26-32(30,31)20-9-5-4-6-10-20/h4-16,26H,3,17H2,1-2H3. The third-order valence-corrected chi connectivity index (χ3v) is 6.61. The predicted molar refractivity (Wildman–Crippen MR) is 125 cm³/mol. The molecular weight excluding hydrogens is 424 g/mol. The highest BCUT2D eigenvalue weighted by Crippen LogP contribution is 2.19. The number of nitrogens with one attached hydrogen (secondary N) is 1. The summed E-state index contributed by atoms with van der Waals surface area (Å²) in [5, 5.41) is 0. The lowest BCUT2D eigenvalue weighted by Crippen LogP contribution is -2.27. The average Bonchev–Trinajstić information content (AvgIpc) is 3.16. The molecule has 8 heteroatoms. The van der Waals surface area contributed by atoms with Gasteiger partial charge in [-0.1, -0.05) is 30.3 Å². The predicted octanol–water partition coefficient (Wildman–Crippen LogP) is 4.13. The zero-order valence-electron chi connectivity index (χ0n) is 17.9. The molecule has 3 aromatic carbocycles. The molecule has 0 radical (unpaired) electrons. The number of amides is 1. The van der Waals surface area contributed by atoms with Gasteiger partial charge in [0.2, 0.25) is 0 Å². The number of para-hydroxylation sites is 2. The fourth-order valence-corrected chi connectivity index (χ4v) is 4.68. The zero-order valence-corrected chi connectivity index (χ0v) is 18.7. The summed E-state index contributed by atoms with van der Waals surface area (Å²) in [5.74, 6) is 0.647. The number of aromatic nitrogens is 2. The van der Waals surface area contributed by atoms with Crippen LogP contribution in [0.5, 0.6) is 0 Å². The van der Waals surface area contributed by atoms with Crippen molar-refractivity contribution in [2.24, 2.45) is 0 Å². The van der Waals surface area contributed by atoms with Crippen molar-refractivity contribution in [2.75, 3.05) is 11.8 Å². The summed E-state index contributed by atoms with van der Waals surface area (Å²) in [6.45, 7) is 3.17. The van der Waals surface area contributed by atoms with E-state index in [2.05, 4.69) is 21.2 Å². The number of fused-ring (bicyclic) bond motifs is 1. The third-order valence-electron chi connectivity index (χ3n) is 5.21. The summed E-state index contributed by atoms with van der Waals surface area (Å²) < 4.78 is 29.6. The lowest BCUT2D eigenvalue weighted by atomic mass is 10.2. The first kappa shape index (κ1) is 21.6. The molecule has 1 aromatic heterocycles. The van der Waals surface area contributed by atoms with Crippen molar-refractivity contribution in [2.45, 2.75) is 24.9 Å². The molecule has 1 N–H and O–H groups in total. The molecule has 0 aliphatic heterocycles. The number of anilines is 1. The second kappa shape index (κ2) is 8.84. The van der Waals surface area contributed by atoms with Crippen molar-refractivity contribution < 1.29 is 13.2 Å². The van der Waals surface area contributed by atoms with Gasteiger partial charge in [0.25, 0.3) is 15.9 Å². The van der Waals surface area contributed by atoms with E-state index in [-0.39, 0.29) is 10.8 Å². The molecule has 4 aromatic rings. The molecular formula is C24H24N4O3S. The number of carbonyl (C=O) groups is 1. The van der Waals surface area contributed by atoms with Gasteiger partial charge in [0.05, 0.1) is 22.5 Å². The Morgan fingerprint density at radius 1 is 0.969 bits per heavy atom. The summed E-state index contributed by atoms with van der Waals surface area (Å²) >= 11 is 0. The molecule has 0 saturated heterocycles. The van der Waals surface area contributed by atoms with Gasteiger partial charge < -0.3 is 9.47 Å². The maximum Gasteiger partial charge on any atom is 0.261 e. The van der Waals surface area contributed by atoms with Crippen LogP contribution in [0.1, 0.15) is 23.1 Å². The van der Waals surface area contributed by atoms with E-state index in [0.29, 0.717) is 17.8 Å². The van der Waals surface area contributed by atoms with Crippen LogP contribution in [0.15, 0.2) is 83.8 Å². The minimum Gasteiger partial charge on any atom is -0.334 e. The quantitative estimate of drug-likeness (QED) is 0.461. The first-order valence-corrected chi connectivity index (χ1v) is 11.7. The van der Waals surface area contributed by atoms with Crippen LogP contribution in [0.2, 0.25) is 0 Å². The number of hydrogen-bond acceptors (Lipinski definition) is 4. The maximum atomic E-state index is 12.9. The van der Waals surface area contributed by atoms with Crippen molar-refractivity contribution >= 4 is 32.7 Å². The topological polar surface area (TPSA) is 84.3 Å². The average molecular weight is 449 g/mol. The third kappa shape index (κ3) is 4.36. The molecule has 0 saturated carbocycles. The van der Waals surface area contributed by atoms with Crippen molar-refractivity contribution in [3.05, 3.63) is 90.3 Å². The fourth-order valence-electron chi connectivity index (χ4n) is 3.60. The lowest BCUT2D eigenvalue weighted by Gasteiger charge is -2.18. The molecule has 0 aliphatic carbocycles. The monoisotopic (exact) mass is 448 g/mol. The highest BCUT2D eigenvalue weighted by Gasteiger charge is 2.18. The Balaban J connectivity index is 1.48. The maximum absolute atomic E-state index is 12.9. The van der Waals surface area contributed by atoms with Crippen molar-refractivity contribution in [3.63, 3.8) is 0 Å². The molecule has 1 heterocycles. The molecule has 164 valence electrons. The molecule has 0 fully saturated rings. The summed E-state index contributed by atoms with van der Waals surface area (Å²) in [4.78, 5) is 19.4. The van der Waals surface area contributed by atoms with E-state index in [0.717, 1.165) is 23.4 Å². The van der Waals surface area contributed by atoms with E-state index in [9.17, 15) is 13.2 Å². The minimum atomic E-state index is -3.68. The van der Waals surface area contributed by atoms with E-state index in [4.69, 9.17) is 0 Å². The first-order valence-electron chi connectivity index (χ1n) is 10.3. The van der Waals surface area contributed by atoms with Crippen LogP contribution >= 0.6 is 0 Å².